The molecule has 1 saturated heterocycles. The number of ether oxygens (including phenoxy) is 2. The zero-order valence-electron chi connectivity index (χ0n) is 20.7. The van der Waals surface area contributed by atoms with Crippen molar-refractivity contribution in [2.75, 3.05) is 43.6 Å². The normalized spacial score (nSPS) is 16.5. The number of morpholine rings is 1. The number of fused-ring (bicyclic) bond motifs is 1. The number of imidazole rings is 1. The Bertz CT molecular complexity index is 1320. The fourth-order valence-corrected chi connectivity index (χ4v) is 5.25. The van der Waals surface area contributed by atoms with E-state index < -0.39 is 0 Å². The maximum absolute atomic E-state index is 5.55. The summed E-state index contributed by atoms with van der Waals surface area (Å²) in [6.45, 7) is 3.65. The molecule has 2 aromatic carbocycles. The Morgan fingerprint density at radius 1 is 1.00 bits per heavy atom. The minimum Gasteiger partial charge on any atom is -0.496 e. The molecule has 1 aliphatic heterocycles. The van der Waals surface area contributed by atoms with Crippen LogP contribution in [0.2, 0.25) is 0 Å². The number of nitrogens with one attached hydrogen (secondary N) is 1. The highest BCUT2D eigenvalue weighted by Crippen LogP contribution is 2.34. The quantitative estimate of drug-likeness (QED) is 0.393. The van der Waals surface area contributed by atoms with Gasteiger partial charge in [0.05, 0.1) is 26.7 Å². The van der Waals surface area contributed by atoms with Crippen molar-refractivity contribution in [1.82, 2.24) is 19.5 Å². The third-order valence-corrected chi connectivity index (χ3v) is 7.25. The number of hydrogen-bond acceptors (Lipinski definition) is 7. The van der Waals surface area contributed by atoms with Crippen molar-refractivity contribution in [2.45, 2.75) is 38.3 Å². The minimum atomic E-state index is 0.470. The average Bonchev–Trinajstić information content (AvgIpc) is 3.63. The fourth-order valence-electron chi connectivity index (χ4n) is 5.25. The van der Waals surface area contributed by atoms with E-state index in [-0.39, 0.29) is 0 Å². The molecular weight excluding hydrogens is 452 g/mol. The van der Waals surface area contributed by atoms with Crippen LogP contribution in [-0.2, 0) is 11.3 Å². The maximum atomic E-state index is 5.55. The van der Waals surface area contributed by atoms with Crippen molar-refractivity contribution in [3.8, 4) is 16.9 Å². The number of hydrogen-bond donors (Lipinski definition) is 1. The molecule has 0 radical (unpaired) electrons. The molecule has 8 nitrogen and oxygen atoms in total. The van der Waals surface area contributed by atoms with E-state index in [0.717, 1.165) is 52.9 Å². The van der Waals surface area contributed by atoms with E-state index in [4.69, 9.17) is 24.4 Å². The van der Waals surface area contributed by atoms with Gasteiger partial charge < -0.3 is 24.3 Å². The van der Waals surface area contributed by atoms with Crippen LogP contribution in [0.15, 0.2) is 54.9 Å². The smallest absolute Gasteiger partial charge is 0.229 e. The molecule has 8 heteroatoms. The van der Waals surface area contributed by atoms with Gasteiger partial charge in [0.2, 0.25) is 5.95 Å². The Kier molecular flexibility index (Phi) is 6.42. The van der Waals surface area contributed by atoms with Crippen molar-refractivity contribution >= 4 is 22.9 Å². The molecule has 0 atom stereocenters. The lowest BCUT2D eigenvalue weighted by Gasteiger charge is -2.27. The summed E-state index contributed by atoms with van der Waals surface area (Å²) in [5, 5.41) is 3.56. The second-order valence-electron chi connectivity index (χ2n) is 9.48. The first kappa shape index (κ1) is 22.8. The standard InChI is InChI=1S/C28H32N6O2/c1-35-24-9-5-4-8-23(24)21-12-10-20(11-13-21)18-29-26-25-27(34(19-30-25)22-6-2-3-7-22)32-28(31-26)33-14-16-36-17-15-33/h4-5,8-13,19,22H,2-3,6-7,14-18H2,1H3,(H,29,31,32). The first-order valence-corrected chi connectivity index (χ1v) is 12.8. The highest BCUT2D eigenvalue weighted by molar-refractivity contribution is 5.84. The summed E-state index contributed by atoms with van der Waals surface area (Å²) in [5.74, 6) is 2.41. The summed E-state index contributed by atoms with van der Waals surface area (Å²) in [6.07, 6.45) is 6.85. The highest BCUT2D eigenvalue weighted by atomic mass is 16.5. The second kappa shape index (κ2) is 10.1. The molecule has 2 aromatic heterocycles. The van der Waals surface area contributed by atoms with Crippen LogP contribution in [0, 0.1) is 0 Å². The van der Waals surface area contributed by atoms with Gasteiger partial charge in [-0.05, 0) is 30.0 Å². The van der Waals surface area contributed by atoms with E-state index in [2.05, 4.69) is 45.1 Å². The summed E-state index contributed by atoms with van der Waals surface area (Å²) < 4.78 is 13.3. The molecule has 3 heterocycles. The lowest BCUT2D eigenvalue weighted by molar-refractivity contribution is 0.122. The van der Waals surface area contributed by atoms with Crippen LogP contribution >= 0.6 is 0 Å². The predicted molar refractivity (Wildman–Crippen MR) is 142 cm³/mol. The molecule has 1 aliphatic carbocycles. The summed E-state index contributed by atoms with van der Waals surface area (Å²) in [6, 6.07) is 17.1. The van der Waals surface area contributed by atoms with Crippen LogP contribution in [0.25, 0.3) is 22.3 Å². The van der Waals surface area contributed by atoms with Crippen molar-refractivity contribution in [3.05, 3.63) is 60.4 Å². The van der Waals surface area contributed by atoms with Crippen LogP contribution in [0.1, 0.15) is 37.3 Å². The van der Waals surface area contributed by atoms with Gasteiger partial charge in [-0.15, -0.1) is 0 Å². The van der Waals surface area contributed by atoms with Crippen LogP contribution in [0.4, 0.5) is 11.8 Å². The first-order valence-electron chi connectivity index (χ1n) is 12.8. The Morgan fingerprint density at radius 3 is 2.56 bits per heavy atom. The van der Waals surface area contributed by atoms with Crippen LogP contribution in [0.5, 0.6) is 5.75 Å². The lowest BCUT2D eigenvalue weighted by atomic mass is 10.0. The van der Waals surface area contributed by atoms with Crippen LogP contribution in [-0.4, -0.2) is 52.9 Å². The van der Waals surface area contributed by atoms with Crippen molar-refractivity contribution in [2.24, 2.45) is 0 Å². The monoisotopic (exact) mass is 484 g/mol. The van der Waals surface area contributed by atoms with Crippen LogP contribution < -0.4 is 15.0 Å². The molecule has 2 aliphatic rings. The van der Waals surface area contributed by atoms with Crippen molar-refractivity contribution in [1.29, 1.82) is 0 Å². The first-order chi connectivity index (χ1) is 17.8. The van der Waals surface area contributed by atoms with Gasteiger partial charge in [-0.3, -0.25) is 0 Å². The molecular formula is C28H32N6O2. The summed E-state index contributed by atoms with van der Waals surface area (Å²) >= 11 is 0. The van der Waals surface area contributed by atoms with E-state index in [1.165, 1.54) is 31.2 Å². The molecule has 186 valence electrons. The van der Waals surface area contributed by atoms with Crippen LogP contribution in [0.3, 0.4) is 0 Å². The summed E-state index contributed by atoms with van der Waals surface area (Å²) in [7, 11) is 1.71. The Balaban J connectivity index is 1.27. The molecule has 4 aromatic rings. The molecule has 0 unspecified atom stereocenters. The minimum absolute atomic E-state index is 0.470. The number of nitrogens with zero attached hydrogens (tertiary/aromatic N) is 5. The fraction of sp³-hybridized carbons (Fsp3) is 0.393. The van der Waals surface area contributed by atoms with E-state index in [1.54, 1.807) is 7.11 Å². The number of aromatic nitrogens is 4. The van der Waals surface area contributed by atoms with Gasteiger partial charge in [-0.1, -0.05) is 55.3 Å². The largest absolute Gasteiger partial charge is 0.496 e. The third kappa shape index (κ3) is 4.48. The molecule has 0 amide bonds. The number of anilines is 2. The molecule has 1 saturated carbocycles. The van der Waals surface area contributed by atoms with E-state index in [0.29, 0.717) is 25.8 Å². The SMILES string of the molecule is COc1ccccc1-c1ccc(CNc2nc(N3CCOCC3)nc3c2ncn3C2CCCC2)cc1. The molecule has 36 heavy (non-hydrogen) atoms. The number of benzene rings is 2. The highest BCUT2D eigenvalue weighted by Gasteiger charge is 2.23. The Labute approximate surface area is 211 Å². The van der Waals surface area contributed by atoms with Gasteiger partial charge in [0, 0.05) is 31.2 Å². The summed E-state index contributed by atoms with van der Waals surface area (Å²) in [4.78, 5) is 16.9. The van der Waals surface area contributed by atoms with Crippen molar-refractivity contribution < 1.29 is 9.47 Å². The molecule has 6 rings (SSSR count). The van der Waals surface area contributed by atoms with Crippen molar-refractivity contribution in [3.63, 3.8) is 0 Å². The number of para-hydroxylation sites is 1. The Hall–Kier alpha value is -3.65. The number of methoxy groups -OCH3 is 1. The van der Waals surface area contributed by atoms with E-state index in [1.807, 2.05) is 24.5 Å². The average molecular weight is 485 g/mol. The van der Waals surface area contributed by atoms with Gasteiger partial charge in [0.1, 0.15) is 5.75 Å². The zero-order chi connectivity index (χ0) is 24.3. The predicted octanol–water partition coefficient (Wildman–Crippen LogP) is 5.07. The van der Waals surface area contributed by atoms with Gasteiger partial charge in [-0.25, -0.2) is 4.98 Å². The van der Waals surface area contributed by atoms with E-state index in [9.17, 15) is 0 Å². The third-order valence-electron chi connectivity index (χ3n) is 7.25. The van der Waals surface area contributed by atoms with Gasteiger partial charge in [-0.2, -0.15) is 9.97 Å². The summed E-state index contributed by atoms with van der Waals surface area (Å²) in [5.41, 5.74) is 5.15. The zero-order valence-corrected chi connectivity index (χ0v) is 20.7. The molecule has 0 spiro atoms. The Morgan fingerprint density at radius 2 is 1.78 bits per heavy atom. The molecule has 2 fully saturated rings. The second-order valence-corrected chi connectivity index (χ2v) is 9.48. The maximum Gasteiger partial charge on any atom is 0.229 e. The van der Waals surface area contributed by atoms with E-state index >= 15 is 0 Å². The number of rotatable bonds is 7. The lowest BCUT2D eigenvalue weighted by Crippen LogP contribution is -2.37. The van der Waals surface area contributed by atoms with Gasteiger partial charge in [0.15, 0.2) is 17.0 Å². The van der Waals surface area contributed by atoms with Gasteiger partial charge in [0.25, 0.3) is 0 Å². The van der Waals surface area contributed by atoms with Gasteiger partial charge >= 0.3 is 0 Å². The topological polar surface area (TPSA) is 77.3 Å². The molecule has 1 N–H and O–H groups in total. The molecule has 0 bridgehead atoms.